The molecule has 3 aromatic rings. The van der Waals surface area contributed by atoms with E-state index in [4.69, 9.17) is 10.1 Å². The average Bonchev–Trinajstić information content (AvgIpc) is 3.08. The molecule has 29 heavy (non-hydrogen) atoms. The zero-order chi connectivity index (χ0) is 19.8. The van der Waals surface area contributed by atoms with Gasteiger partial charge in [0.25, 0.3) is 0 Å². The molecule has 3 heterocycles. The number of benzene rings is 1. The number of nitrogens with zero attached hydrogens (tertiary/aromatic N) is 4. The predicted molar refractivity (Wildman–Crippen MR) is 115 cm³/mol. The molecule has 2 aliphatic rings. The number of aromatic nitrogens is 3. The number of aryl methyl sites for hydroxylation is 2. The topological polar surface area (TPSA) is 58.1 Å². The van der Waals surface area contributed by atoms with Gasteiger partial charge in [0.1, 0.15) is 12.4 Å². The molecule has 0 amide bonds. The van der Waals surface area contributed by atoms with Crippen molar-refractivity contribution in [1.82, 2.24) is 14.6 Å². The van der Waals surface area contributed by atoms with Crippen molar-refractivity contribution in [3.8, 4) is 11.1 Å². The molecule has 152 valence electrons. The lowest BCUT2D eigenvalue weighted by molar-refractivity contribution is -0.900. The van der Waals surface area contributed by atoms with Crippen molar-refractivity contribution in [2.45, 2.75) is 32.6 Å². The third kappa shape index (κ3) is 3.30. The van der Waals surface area contributed by atoms with Crippen LogP contribution in [-0.4, -0.2) is 59.0 Å². The lowest BCUT2D eigenvalue weighted by Gasteiger charge is -2.35. The number of nitrogens with one attached hydrogen (secondary N) is 1. The second kappa shape index (κ2) is 7.76. The maximum Gasteiger partial charge on any atom is 0.165 e. The maximum atomic E-state index is 9.29. The summed E-state index contributed by atoms with van der Waals surface area (Å²) in [4.78, 5) is 9.15. The van der Waals surface area contributed by atoms with E-state index in [0.29, 0.717) is 0 Å². The number of quaternary nitrogens is 1. The van der Waals surface area contributed by atoms with Gasteiger partial charge < -0.3 is 14.9 Å². The highest BCUT2D eigenvalue weighted by Gasteiger charge is 2.29. The van der Waals surface area contributed by atoms with Crippen molar-refractivity contribution in [1.29, 1.82) is 0 Å². The Hall–Kier alpha value is -2.44. The summed E-state index contributed by atoms with van der Waals surface area (Å²) in [5.74, 6) is 1.26. The zero-order valence-corrected chi connectivity index (χ0v) is 17.2. The number of rotatable bonds is 4. The number of fused-ring (bicyclic) bond motifs is 2. The summed E-state index contributed by atoms with van der Waals surface area (Å²) in [7, 11) is 0. The Kier molecular flexibility index (Phi) is 4.97. The zero-order valence-electron chi connectivity index (χ0n) is 17.2. The number of piperazine rings is 1. The van der Waals surface area contributed by atoms with Crippen LogP contribution >= 0.6 is 0 Å². The number of aliphatic hydroxyl groups is 1. The Morgan fingerprint density at radius 2 is 1.83 bits per heavy atom. The van der Waals surface area contributed by atoms with Crippen LogP contribution in [0.25, 0.3) is 16.8 Å². The van der Waals surface area contributed by atoms with Crippen molar-refractivity contribution in [3.63, 3.8) is 0 Å². The van der Waals surface area contributed by atoms with E-state index in [1.807, 2.05) is 0 Å². The number of hydrogen-bond donors (Lipinski definition) is 2. The van der Waals surface area contributed by atoms with Crippen LogP contribution in [0.4, 0.5) is 5.82 Å². The molecule has 2 aromatic heterocycles. The molecule has 0 atom stereocenters. The van der Waals surface area contributed by atoms with Gasteiger partial charge >= 0.3 is 0 Å². The van der Waals surface area contributed by atoms with Crippen LogP contribution in [0.5, 0.6) is 0 Å². The first-order chi connectivity index (χ1) is 14.3. The highest BCUT2D eigenvalue weighted by atomic mass is 16.3. The molecular formula is C23H30N5O+. The average molecular weight is 393 g/mol. The molecule has 0 saturated carbocycles. The number of aliphatic hydroxyl groups excluding tert-OH is 1. The normalized spacial score (nSPS) is 17.7. The van der Waals surface area contributed by atoms with Crippen molar-refractivity contribution < 1.29 is 10.0 Å². The van der Waals surface area contributed by atoms with Crippen LogP contribution in [0.15, 0.2) is 30.3 Å². The quantitative estimate of drug-likeness (QED) is 0.702. The molecule has 6 nitrogen and oxygen atoms in total. The number of anilines is 1. The molecule has 1 fully saturated rings. The summed E-state index contributed by atoms with van der Waals surface area (Å²) in [6.07, 6.45) is 4.61. The van der Waals surface area contributed by atoms with Crippen molar-refractivity contribution >= 4 is 11.5 Å². The largest absolute Gasteiger partial charge is 0.391 e. The fourth-order valence-electron chi connectivity index (χ4n) is 4.99. The molecule has 1 aliphatic heterocycles. The van der Waals surface area contributed by atoms with Gasteiger partial charge in [0.2, 0.25) is 0 Å². The highest BCUT2D eigenvalue weighted by Crippen LogP contribution is 2.35. The Morgan fingerprint density at radius 1 is 1.07 bits per heavy atom. The maximum absolute atomic E-state index is 9.29. The van der Waals surface area contributed by atoms with Gasteiger partial charge in [0, 0.05) is 16.8 Å². The molecule has 1 aliphatic carbocycles. The standard InChI is InChI=1S/C23H29N5O/c1-17-21(18-7-3-2-4-8-18)22-24-20-10-6-5-9-19(20)23(28(22)25-17)27-13-11-26(12-14-27)15-16-29/h2-4,7-8,29H,5-6,9-16H2,1H3/p+1. The minimum absolute atomic E-state index is 0.267. The Labute approximate surface area is 171 Å². The van der Waals surface area contributed by atoms with Gasteiger partial charge in [-0.1, -0.05) is 30.3 Å². The van der Waals surface area contributed by atoms with E-state index in [0.717, 1.165) is 62.5 Å². The van der Waals surface area contributed by atoms with Gasteiger partial charge in [-0.3, -0.25) is 0 Å². The van der Waals surface area contributed by atoms with E-state index in [2.05, 4.69) is 46.7 Å². The van der Waals surface area contributed by atoms with Crippen LogP contribution in [0.3, 0.4) is 0 Å². The molecule has 1 saturated heterocycles. The highest BCUT2D eigenvalue weighted by molar-refractivity contribution is 5.81. The third-order valence-electron chi connectivity index (χ3n) is 6.48. The predicted octanol–water partition coefficient (Wildman–Crippen LogP) is 1.28. The SMILES string of the molecule is Cc1nn2c(N3CC[NH+](CCO)CC3)c3c(nc2c1-c1ccccc1)CCCC3. The van der Waals surface area contributed by atoms with Crippen LogP contribution < -0.4 is 9.80 Å². The molecule has 5 rings (SSSR count). The van der Waals surface area contributed by atoms with E-state index in [-0.39, 0.29) is 6.61 Å². The van der Waals surface area contributed by atoms with Crippen molar-refractivity contribution in [3.05, 3.63) is 47.3 Å². The molecule has 0 spiro atoms. The number of hydrogen-bond acceptors (Lipinski definition) is 4. The van der Waals surface area contributed by atoms with Crippen LogP contribution in [0.1, 0.15) is 29.8 Å². The van der Waals surface area contributed by atoms with E-state index >= 15 is 0 Å². The lowest BCUT2D eigenvalue weighted by Crippen LogP contribution is -3.15. The Bertz CT molecular complexity index is 1010. The summed E-state index contributed by atoms with van der Waals surface area (Å²) in [6.45, 7) is 7.33. The Morgan fingerprint density at radius 3 is 2.59 bits per heavy atom. The summed E-state index contributed by atoms with van der Waals surface area (Å²) < 4.78 is 2.12. The summed E-state index contributed by atoms with van der Waals surface area (Å²) in [5.41, 5.74) is 7.04. The summed E-state index contributed by atoms with van der Waals surface area (Å²) >= 11 is 0. The minimum atomic E-state index is 0.267. The summed E-state index contributed by atoms with van der Waals surface area (Å²) in [6, 6.07) is 10.5. The first kappa shape index (κ1) is 18.6. The van der Waals surface area contributed by atoms with Gasteiger partial charge in [-0.25, -0.2) is 4.98 Å². The van der Waals surface area contributed by atoms with Gasteiger partial charge in [-0.2, -0.15) is 9.61 Å². The smallest absolute Gasteiger partial charge is 0.165 e. The van der Waals surface area contributed by atoms with Crippen molar-refractivity contribution in [2.75, 3.05) is 44.2 Å². The molecule has 0 bridgehead atoms. The minimum Gasteiger partial charge on any atom is -0.391 e. The van der Waals surface area contributed by atoms with Gasteiger partial charge in [-0.15, -0.1) is 0 Å². The molecule has 1 aromatic carbocycles. The Balaban J connectivity index is 1.65. The molecule has 2 N–H and O–H groups in total. The first-order valence-electron chi connectivity index (χ1n) is 10.9. The lowest BCUT2D eigenvalue weighted by atomic mass is 9.95. The van der Waals surface area contributed by atoms with Gasteiger partial charge in [-0.05, 0) is 38.2 Å². The second-order valence-electron chi connectivity index (χ2n) is 8.34. The molecule has 0 unspecified atom stereocenters. The fraction of sp³-hybridized carbons (Fsp3) is 0.478. The van der Waals surface area contributed by atoms with Crippen LogP contribution in [0.2, 0.25) is 0 Å². The second-order valence-corrected chi connectivity index (χ2v) is 8.34. The van der Waals surface area contributed by atoms with Gasteiger partial charge in [0.15, 0.2) is 5.65 Å². The first-order valence-corrected chi connectivity index (χ1v) is 10.9. The van der Waals surface area contributed by atoms with E-state index in [1.165, 1.54) is 40.4 Å². The summed E-state index contributed by atoms with van der Waals surface area (Å²) in [5, 5.41) is 14.3. The van der Waals surface area contributed by atoms with E-state index in [1.54, 1.807) is 0 Å². The third-order valence-corrected chi connectivity index (χ3v) is 6.48. The molecule has 6 heteroatoms. The van der Waals surface area contributed by atoms with Gasteiger partial charge in [0.05, 0.1) is 38.5 Å². The molecular weight excluding hydrogens is 362 g/mol. The van der Waals surface area contributed by atoms with Crippen LogP contribution in [-0.2, 0) is 12.8 Å². The monoisotopic (exact) mass is 392 g/mol. The van der Waals surface area contributed by atoms with Crippen molar-refractivity contribution in [2.24, 2.45) is 0 Å². The van der Waals surface area contributed by atoms with E-state index < -0.39 is 0 Å². The fourth-order valence-corrected chi connectivity index (χ4v) is 4.99. The van der Waals surface area contributed by atoms with Crippen LogP contribution in [0, 0.1) is 6.92 Å². The van der Waals surface area contributed by atoms with E-state index in [9.17, 15) is 5.11 Å². The molecule has 0 radical (unpaired) electrons.